The van der Waals surface area contributed by atoms with Crippen molar-refractivity contribution in [3.8, 4) is 0 Å². The first-order valence-electron chi connectivity index (χ1n) is 5.92. The van der Waals surface area contributed by atoms with Crippen LogP contribution in [-0.2, 0) is 11.3 Å². The molecule has 0 spiro atoms. The van der Waals surface area contributed by atoms with E-state index in [4.69, 9.17) is 5.73 Å². The van der Waals surface area contributed by atoms with Gasteiger partial charge >= 0.3 is 0 Å². The molecule has 1 aliphatic heterocycles. The summed E-state index contributed by atoms with van der Waals surface area (Å²) in [7, 11) is 0. The Morgan fingerprint density at radius 1 is 1.47 bits per heavy atom. The molecule has 0 saturated carbocycles. The van der Waals surface area contributed by atoms with Gasteiger partial charge in [-0.1, -0.05) is 0 Å². The predicted octanol–water partition coefficient (Wildman–Crippen LogP) is -0.269. The van der Waals surface area contributed by atoms with Crippen LogP contribution >= 0.6 is 0 Å². The minimum Gasteiger partial charge on any atom is -0.355 e. The van der Waals surface area contributed by atoms with E-state index in [0.29, 0.717) is 6.54 Å². The SMILES string of the molecule is NCC1C(=O)NCCCN1Cc1ccncc1. The van der Waals surface area contributed by atoms with Crippen molar-refractivity contribution in [3.05, 3.63) is 30.1 Å². The van der Waals surface area contributed by atoms with Gasteiger partial charge in [-0.2, -0.15) is 0 Å². The molecule has 5 heteroatoms. The number of nitrogens with zero attached hydrogens (tertiary/aromatic N) is 2. The number of amides is 1. The summed E-state index contributed by atoms with van der Waals surface area (Å²) in [6, 6.07) is 3.72. The maximum absolute atomic E-state index is 11.8. The second-order valence-corrected chi connectivity index (χ2v) is 4.22. The molecule has 1 saturated heterocycles. The third kappa shape index (κ3) is 3.01. The van der Waals surface area contributed by atoms with Crippen LogP contribution in [0.3, 0.4) is 0 Å². The molecular formula is C12H18N4O. The van der Waals surface area contributed by atoms with E-state index in [1.807, 2.05) is 12.1 Å². The van der Waals surface area contributed by atoms with E-state index < -0.39 is 0 Å². The molecule has 1 atom stereocenters. The van der Waals surface area contributed by atoms with Gasteiger partial charge in [0.2, 0.25) is 5.91 Å². The van der Waals surface area contributed by atoms with Gasteiger partial charge in [-0.25, -0.2) is 0 Å². The lowest BCUT2D eigenvalue weighted by Crippen LogP contribution is -2.48. The van der Waals surface area contributed by atoms with Crippen molar-refractivity contribution in [1.29, 1.82) is 0 Å². The minimum atomic E-state index is -0.217. The van der Waals surface area contributed by atoms with Crippen molar-refractivity contribution >= 4 is 5.91 Å². The first-order valence-corrected chi connectivity index (χ1v) is 5.92. The molecule has 2 rings (SSSR count). The quantitative estimate of drug-likeness (QED) is 0.755. The van der Waals surface area contributed by atoms with Crippen molar-refractivity contribution in [2.45, 2.75) is 19.0 Å². The number of carbonyl (C=O) groups is 1. The van der Waals surface area contributed by atoms with Gasteiger partial charge in [-0.15, -0.1) is 0 Å². The topological polar surface area (TPSA) is 71.2 Å². The summed E-state index contributed by atoms with van der Waals surface area (Å²) in [4.78, 5) is 17.9. The third-order valence-corrected chi connectivity index (χ3v) is 3.02. The fourth-order valence-corrected chi connectivity index (χ4v) is 2.10. The molecular weight excluding hydrogens is 216 g/mol. The lowest BCUT2D eigenvalue weighted by molar-refractivity contribution is -0.125. The number of pyridine rings is 1. The zero-order valence-corrected chi connectivity index (χ0v) is 9.80. The van der Waals surface area contributed by atoms with Crippen LogP contribution in [0.1, 0.15) is 12.0 Å². The highest BCUT2D eigenvalue weighted by atomic mass is 16.2. The Bertz CT molecular complexity index is 368. The molecule has 1 amide bonds. The zero-order valence-electron chi connectivity index (χ0n) is 9.80. The second-order valence-electron chi connectivity index (χ2n) is 4.22. The smallest absolute Gasteiger partial charge is 0.238 e. The third-order valence-electron chi connectivity index (χ3n) is 3.02. The van der Waals surface area contributed by atoms with Crippen molar-refractivity contribution in [2.75, 3.05) is 19.6 Å². The predicted molar refractivity (Wildman–Crippen MR) is 65.1 cm³/mol. The average molecular weight is 234 g/mol. The van der Waals surface area contributed by atoms with Crippen LogP contribution in [0.25, 0.3) is 0 Å². The molecule has 1 fully saturated rings. The highest BCUT2D eigenvalue weighted by Gasteiger charge is 2.26. The fraction of sp³-hybridized carbons (Fsp3) is 0.500. The van der Waals surface area contributed by atoms with E-state index in [2.05, 4.69) is 15.2 Å². The van der Waals surface area contributed by atoms with Crippen LogP contribution in [0.4, 0.5) is 0 Å². The lowest BCUT2D eigenvalue weighted by atomic mass is 10.2. The maximum atomic E-state index is 11.8. The summed E-state index contributed by atoms with van der Waals surface area (Å²) in [6.07, 6.45) is 4.50. The van der Waals surface area contributed by atoms with Gasteiger partial charge in [0, 0.05) is 38.6 Å². The van der Waals surface area contributed by atoms with E-state index in [-0.39, 0.29) is 11.9 Å². The second kappa shape index (κ2) is 5.75. The minimum absolute atomic E-state index is 0.0408. The Labute approximate surface area is 101 Å². The van der Waals surface area contributed by atoms with E-state index in [0.717, 1.165) is 31.6 Å². The van der Waals surface area contributed by atoms with Crippen LogP contribution in [-0.4, -0.2) is 41.5 Å². The van der Waals surface area contributed by atoms with Crippen LogP contribution < -0.4 is 11.1 Å². The van der Waals surface area contributed by atoms with E-state index in [1.165, 1.54) is 0 Å². The summed E-state index contributed by atoms with van der Waals surface area (Å²) in [6.45, 7) is 2.74. The van der Waals surface area contributed by atoms with Gasteiger partial charge in [-0.3, -0.25) is 14.7 Å². The molecule has 17 heavy (non-hydrogen) atoms. The average Bonchev–Trinajstić information content (AvgIpc) is 2.52. The molecule has 1 aromatic heterocycles. The Morgan fingerprint density at radius 2 is 2.24 bits per heavy atom. The Morgan fingerprint density at radius 3 is 2.94 bits per heavy atom. The van der Waals surface area contributed by atoms with Gasteiger partial charge in [0.25, 0.3) is 0 Å². The summed E-state index contributed by atoms with van der Waals surface area (Å²) in [5.74, 6) is 0.0408. The highest BCUT2D eigenvalue weighted by Crippen LogP contribution is 2.10. The fourth-order valence-electron chi connectivity index (χ4n) is 2.10. The van der Waals surface area contributed by atoms with Gasteiger partial charge in [0.15, 0.2) is 0 Å². The standard InChI is InChI=1S/C12H18N4O/c13-8-11-12(17)15-4-1-7-16(11)9-10-2-5-14-6-3-10/h2-3,5-6,11H,1,4,7-9,13H2,(H,15,17). The molecule has 0 radical (unpaired) electrons. The number of aromatic nitrogens is 1. The van der Waals surface area contributed by atoms with Crippen molar-refractivity contribution < 1.29 is 4.79 Å². The summed E-state index contributed by atoms with van der Waals surface area (Å²) in [5.41, 5.74) is 6.85. The van der Waals surface area contributed by atoms with E-state index in [9.17, 15) is 4.79 Å². The van der Waals surface area contributed by atoms with Gasteiger partial charge in [0.1, 0.15) is 6.04 Å². The molecule has 5 nitrogen and oxygen atoms in total. The van der Waals surface area contributed by atoms with Crippen LogP contribution in [0.15, 0.2) is 24.5 Å². The van der Waals surface area contributed by atoms with Crippen LogP contribution in [0.5, 0.6) is 0 Å². The monoisotopic (exact) mass is 234 g/mol. The van der Waals surface area contributed by atoms with E-state index >= 15 is 0 Å². The van der Waals surface area contributed by atoms with Gasteiger partial charge in [0.05, 0.1) is 0 Å². The molecule has 1 aliphatic rings. The normalized spacial score (nSPS) is 21.9. The van der Waals surface area contributed by atoms with Crippen LogP contribution in [0, 0.1) is 0 Å². The lowest BCUT2D eigenvalue weighted by Gasteiger charge is -2.27. The Hall–Kier alpha value is -1.46. The summed E-state index contributed by atoms with van der Waals surface area (Å²) >= 11 is 0. The molecule has 92 valence electrons. The number of nitrogens with one attached hydrogen (secondary N) is 1. The molecule has 1 aromatic rings. The number of carbonyl (C=O) groups excluding carboxylic acids is 1. The molecule has 0 bridgehead atoms. The molecule has 3 N–H and O–H groups in total. The molecule has 0 aliphatic carbocycles. The van der Waals surface area contributed by atoms with Gasteiger partial charge < -0.3 is 11.1 Å². The zero-order chi connectivity index (χ0) is 12.1. The van der Waals surface area contributed by atoms with Crippen molar-refractivity contribution in [1.82, 2.24) is 15.2 Å². The van der Waals surface area contributed by atoms with Crippen molar-refractivity contribution in [3.63, 3.8) is 0 Å². The van der Waals surface area contributed by atoms with Crippen LogP contribution in [0.2, 0.25) is 0 Å². The Kier molecular flexibility index (Phi) is 4.06. The molecule has 0 aromatic carbocycles. The van der Waals surface area contributed by atoms with Crippen molar-refractivity contribution in [2.24, 2.45) is 5.73 Å². The number of nitrogens with two attached hydrogens (primary N) is 1. The molecule has 2 heterocycles. The van der Waals surface area contributed by atoms with Gasteiger partial charge in [-0.05, 0) is 24.1 Å². The maximum Gasteiger partial charge on any atom is 0.238 e. The summed E-state index contributed by atoms with van der Waals surface area (Å²) < 4.78 is 0. The highest BCUT2D eigenvalue weighted by molar-refractivity contribution is 5.82. The number of rotatable bonds is 3. The van der Waals surface area contributed by atoms with E-state index in [1.54, 1.807) is 12.4 Å². The largest absolute Gasteiger partial charge is 0.355 e. The summed E-state index contributed by atoms with van der Waals surface area (Å²) in [5, 5.41) is 2.89. The first kappa shape index (κ1) is 12.0. The molecule has 1 unspecified atom stereocenters. The Balaban J connectivity index is 2.09. The first-order chi connectivity index (χ1) is 8.31. The number of hydrogen-bond acceptors (Lipinski definition) is 4. The number of hydrogen-bond donors (Lipinski definition) is 2.